The third-order valence-corrected chi connectivity index (χ3v) is 4.12. The Hall–Kier alpha value is -0.206. The molecule has 0 aliphatic heterocycles. The van der Waals surface area contributed by atoms with Crippen molar-refractivity contribution in [3.05, 3.63) is 51.4 Å². The van der Waals surface area contributed by atoms with E-state index in [-0.39, 0.29) is 30.2 Å². The molecule has 0 saturated carbocycles. The van der Waals surface area contributed by atoms with Gasteiger partial charge in [-0.05, 0) is 0 Å². The number of halogens is 2. The monoisotopic (exact) mass is 333 g/mol. The molecule has 0 spiro atoms. The fourth-order valence-corrected chi connectivity index (χ4v) is 3.20. The fraction of sp³-hybridized carbons (Fsp3) is 0.333. The first kappa shape index (κ1) is 18.8. The predicted octanol–water partition coefficient (Wildman–Crippen LogP) is 4.58. The summed E-state index contributed by atoms with van der Waals surface area (Å²) in [5.74, 6) is 0.970. The Labute approximate surface area is 139 Å². The van der Waals surface area contributed by atoms with Crippen molar-refractivity contribution in [2.75, 3.05) is 7.11 Å². The van der Waals surface area contributed by atoms with Crippen LogP contribution < -0.4 is 4.74 Å². The van der Waals surface area contributed by atoms with Crippen molar-refractivity contribution in [2.45, 2.75) is 25.7 Å². The third-order valence-electron chi connectivity index (χ3n) is 3.39. The molecule has 1 nitrogen and oxygen atoms in total. The van der Waals surface area contributed by atoms with Crippen molar-refractivity contribution in [1.29, 1.82) is 0 Å². The second-order valence-electron chi connectivity index (χ2n) is 4.82. The molecule has 4 heteroatoms. The summed E-state index contributed by atoms with van der Waals surface area (Å²) in [4.78, 5) is 0. The zero-order chi connectivity index (χ0) is 12.5. The molecule has 1 aliphatic carbocycles. The van der Waals surface area contributed by atoms with E-state index in [0.29, 0.717) is 0 Å². The smallest absolute Gasteiger partial charge is 0.147 e. The quantitative estimate of drug-likeness (QED) is 0.736. The van der Waals surface area contributed by atoms with Crippen LogP contribution in [0.25, 0.3) is 0 Å². The number of allylic oxidation sites excluding steroid dienone is 4. The SMILES string of the molecule is COc1ccccc1C(C)(C)C1=[C]([Ti])CC=C1.Cl.Cl. The normalized spacial score (nSPS) is 13.8. The van der Waals surface area contributed by atoms with Gasteiger partial charge in [-0.2, -0.15) is 0 Å². The summed E-state index contributed by atoms with van der Waals surface area (Å²) in [7, 11) is 1.74. The van der Waals surface area contributed by atoms with Crippen molar-refractivity contribution in [2.24, 2.45) is 0 Å². The third kappa shape index (κ3) is 3.67. The van der Waals surface area contributed by atoms with Gasteiger partial charge < -0.3 is 0 Å². The van der Waals surface area contributed by atoms with Crippen LogP contribution in [0.5, 0.6) is 5.75 Å². The molecule has 1 aromatic rings. The van der Waals surface area contributed by atoms with Gasteiger partial charge in [-0.25, -0.2) is 0 Å². The molecule has 0 fully saturated rings. The minimum absolute atomic E-state index is 0. The zero-order valence-corrected chi connectivity index (χ0v) is 14.6. The molecular formula is C15H19Cl2OTi. The van der Waals surface area contributed by atoms with Crippen LogP contribution in [0, 0.1) is 0 Å². The molecule has 0 heterocycles. The average molecular weight is 334 g/mol. The maximum atomic E-state index is 5.48. The summed E-state index contributed by atoms with van der Waals surface area (Å²) in [6.07, 6.45) is 5.57. The summed E-state index contributed by atoms with van der Waals surface area (Å²) in [5, 5.41) is 0. The second kappa shape index (κ2) is 7.54. The zero-order valence-electron chi connectivity index (χ0n) is 11.4. The van der Waals surface area contributed by atoms with Crippen LogP contribution in [-0.4, -0.2) is 7.11 Å². The molecule has 19 heavy (non-hydrogen) atoms. The molecule has 0 amide bonds. The summed E-state index contributed by atoms with van der Waals surface area (Å²) in [6, 6.07) is 8.29. The topological polar surface area (TPSA) is 9.23 Å². The van der Waals surface area contributed by atoms with E-state index in [0.717, 1.165) is 12.2 Å². The Bertz CT molecular complexity index is 493. The minimum Gasteiger partial charge on any atom is -0.147 e. The molecule has 0 saturated heterocycles. The van der Waals surface area contributed by atoms with E-state index in [4.69, 9.17) is 4.74 Å². The Morgan fingerprint density at radius 3 is 2.32 bits per heavy atom. The van der Waals surface area contributed by atoms with Gasteiger partial charge in [0.05, 0.1) is 0 Å². The van der Waals surface area contributed by atoms with Crippen molar-refractivity contribution < 1.29 is 25.2 Å². The van der Waals surface area contributed by atoms with Gasteiger partial charge >= 0.3 is 115 Å². The average Bonchev–Trinajstić information content (AvgIpc) is 2.76. The van der Waals surface area contributed by atoms with Crippen LogP contribution in [0.2, 0.25) is 0 Å². The van der Waals surface area contributed by atoms with E-state index in [1.165, 1.54) is 15.0 Å². The van der Waals surface area contributed by atoms with Crippen LogP contribution >= 0.6 is 24.8 Å². The summed E-state index contributed by atoms with van der Waals surface area (Å²) >= 11 is 2.21. The van der Waals surface area contributed by atoms with Gasteiger partial charge in [-0.15, -0.1) is 24.8 Å². The van der Waals surface area contributed by atoms with Crippen molar-refractivity contribution in [3.8, 4) is 5.75 Å². The Morgan fingerprint density at radius 1 is 1.16 bits per heavy atom. The molecule has 0 atom stereocenters. The van der Waals surface area contributed by atoms with Crippen LogP contribution in [-0.2, 0) is 25.9 Å². The Kier molecular flexibility index (Phi) is 7.46. The maximum absolute atomic E-state index is 5.48. The number of methoxy groups -OCH3 is 1. The van der Waals surface area contributed by atoms with Crippen LogP contribution in [0.1, 0.15) is 25.8 Å². The van der Waals surface area contributed by atoms with E-state index < -0.39 is 0 Å². The predicted molar refractivity (Wildman–Crippen MR) is 81.3 cm³/mol. The van der Waals surface area contributed by atoms with E-state index in [1.807, 2.05) is 12.1 Å². The van der Waals surface area contributed by atoms with E-state index in [9.17, 15) is 0 Å². The van der Waals surface area contributed by atoms with Gasteiger partial charge in [0.15, 0.2) is 0 Å². The Balaban J connectivity index is 0.00000162. The molecule has 0 N–H and O–H groups in total. The van der Waals surface area contributed by atoms with Crippen LogP contribution in [0.3, 0.4) is 0 Å². The first-order valence-electron chi connectivity index (χ1n) is 5.82. The molecule has 2 rings (SSSR count). The van der Waals surface area contributed by atoms with Crippen molar-refractivity contribution in [1.82, 2.24) is 0 Å². The summed E-state index contributed by atoms with van der Waals surface area (Å²) in [5.41, 5.74) is 2.68. The number of hydrogen-bond donors (Lipinski definition) is 0. The summed E-state index contributed by atoms with van der Waals surface area (Å²) < 4.78 is 6.94. The largest absolute Gasteiger partial charge is 0.147 e. The molecule has 1 aliphatic rings. The number of benzene rings is 1. The number of rotatable bonds is 3. The summed E-state index contributed by atoms with van der Waals surface area (Å²) in [6.45, 7) is 4.53. The Morgan fingerprint density at radius 2 is 1.79 bits per heavy atom. The van der Waals surface area contributed by atoms with Crippen LogP contribution in [0.4, 0.5) is 0 Å². The molecule has 0 bridgehead atoms. The second-order valence-corrected chi connectivity index (χ2v) is 5.77. The number of hydrogen-bond acceptors (Lipinski definition) is 1. The van der Waals surface area contributed by atoms with Gasteiger partial charge in [0.25, 0.3) is 0 Å². The van der Waals surface area contributed by atoms with Crippen molar-refractivity contribution >= 4 is 24.8 Å². The molecule has 0 aromatic heterocycles. The fourth-order valence-electron chi connectivity index (χ4n) is 2.40. The van der Waals surface area contributed by atoms with Gasteiger partial charge in [0.2, 0.25) is 0 Å². The molecule has 103 valence electrons. The van der Waals surface area contributed by atoms with Crippen LogP contribution in [0.15, 0.2) is 45.9 Å². The molecule has 1 aromatic carbocycles. The van der Waals surface area contributed by atoms with E-state index >= 15 is 0 Å². The van der Waals surface area contributed by atoms with E-state index in [2.05, 4.69) is 58.6 Å². The number of para-hydroxylation sites is 1. The van der Waals surface area contributed by atoms with Crippen molar-refractivity contribution in [3.63, 3.8) is 0 Å². The molecule has 0 radical (unpaired) electrons. The van der Waals surface area contributed by atoms with Gasteiger partial charge in [0, 0.05) is 0 Å². The molecular weight excluding hydrogens is 315 g/mol. The van der Waals surface area contributed by atoms with Gasteiger partial charge in [-0.3, -0.25) is 0 Å². The van der Waals surface area contributed by atoms with Gasteiger partial charge in [-0.1, -0.05) is 0 Å². The number of ether oxygens (including phenoxy) is 1. The maximum Gasteiger partial charge on any atom is -0.147 e. The van der Waals surface area contributed by atoms with Gasteiger partial charge in [0.1, 0.15) is 0 Å². The standard InChI is InChI=1S/C15H17O.2ClH.Ti/c1-15(2,12-8-4-5-9-12)13-10-6-7-11-14(13)16-3;;;/h4,6-8,10-11H,5H2,1-3H3;2*1H;. The molecule has 0 unspecified atom stereocenters. The first-order valence-corrected chi connectivity index (χ1v) is 6.60. The minimum atomic E-state index is 0. The first-order chi connectivity index (χ1) is 8.07. The van der Waals surface area contributed by atoms with E-state index in [1.54, 1.807) is 7.11 Å².